The van der Waals surface area contributed by atoms with Gasteiger partial charge in [-0.1, -0.05) is 28.1 Å². The fraction of sp³-hybridized carbons (Fsp3) is 0. The lowest BCUT2D eigenvalue weighted by molar-refractivity contribution is -0.131. The molecule has 21 heavy (non-hydrogen) atoms. The summed E-state index contributed by atoms with van der Waals surface area (Å²) in [7, 11) is 0. The van der Waals surface area contributed by atoms with Gasteiger partial charge in [-0.25, -0.2) is 4.79 Å². The highest BCUT2D eigenvalue weighted by atomic mass is 79.9. The van der Waals surface area contributed by atoms with Crippen LogP contribution in [-0.4, -0.2) is 11.1 Å². The maximum atomic E-state index is 10.5. The molecule has 5 heteroatoms. The summed E-state index contributed by atoms with van der Waals surface area (Å²) in [6, 6.07) is 14.1. The van der Waals surface area contributed by atoms with Gasteiger partial charge in [0.15, 0.2) is 0 Å². The molecular weight excluding hydrogens is 334 g/mol. The third-order valence-corrected chi connectivity index (χ3v) is 3.26. The molecule has 2 aromatic rings. The monoisotopic (exact) mass is 343 g/mol. The molecule has 4 nitrogen and oxygen atoms in total. The van der Waals surface area contributed by atoms with E-state index in [2.05, 4.69) is 15.9 Å². The Morgan fingerprint density at radius 3 is 2.67 bits per heavy atom. The van der Waals surface area contributed by atoms with Crippen LogP contribution >= 0.6 is 15.9 Å². The molecule has 0 aliphatic carbocycles. The molecule has 0 heterocycles. The zero-order valence-electron chi connectivity index (χ0n) is 10.8. The molecule has 0 amide bonds. The molecule has 104 valence electrons. The third kappa shape index (κ3) is 4.20. The van der Waals surface area contributed by atoms with Crippen LogP contribution < -0.4 is 4.74 Å². The summed E-state index contributed by atoms with van der Waals surface area (Å²) in [6.45, 7) is 0. The molecule has 2 aromatic carbocycles. The first-order valence-corrected chi connectivity index (χ1v) is 6.76. The van der Waals surface area contributed by atoms with E-state index in [0.29, 0.717) is 21.5 Å². The van der Waals surface area contributed by atoms with Crippen LogP contribution in [0.25, 0.3) is 6.08 Å². The number of hydrogen-bond acceptors (Lipinski definition) is 3. The van der Waals surface area contributed by atoms with E-state index in [1.807, 2.05) is 6.07 Å². The molecule has 0 saturated carbocycles. The number of nitrogens with zero attached hydrogens (tertiary/aromatic N) is 1. The van der Waals surface area contributed by atoms with Gasteiger partial charge in [-0.05, 0) is 42.0 Å². The standard InChI is InChI=1S/C16H10BrNO3/c17-15-9-14(6-4-12(15)5-7-16(19)20)21-13-3-1-2-11(8-13)10-18/h1-9H,(H,19,20)/b7-5+. The van der Waals surface area contributed by atoms with Gasteiger partial charge in [0.1, 0.15) is 11.5 Å². The van der Waals surface area contributed by atoms with Crippen molar-refractivity contribution in [3.63, 3.8) is 0 Å². The van der Waals surface area contributed by atoms with Gasteiger partial charge in [0.05, 0.1) is 11.6 Å². The van der Waals surface area contributed by atoms with Crippen LogP contribution in [-0.2, 0) is 4.79 Å². The predicted octanol–water partition coefficient (Wildman–Crippen LogP) is 4.21. The number of nitriles is 1. The van der Waals surface area contributed by atoms with Gasteiger partial charge in [0, 0.05) is 10.5 Å². The van der Waals surface area contributed by atoms with E-state index in [0.717, 1.165) is 11.6 Å². The van der Waals surface area contributed by atoms with Gasteiger partial charge in [-0.15, -0.1) is 0 Å². The van der Waals surface area contributed by atoms with E-state index in [-0.39, 0.29) is 0 Å². The van der Waals surface area contributed by atoms with Crippen molar-refractivity contribution in [2.24, 2.45) is 0 Å². The number of benzene rings is 2. The Labute approximate surface area is 130 Å². The molecule has 0 aliphatic heterocycles. The SMILES string of the molecule is N#Cc1cccc(Oc2ccc(/C=C/C(=O)O)c(Br)c2)c1. The Morgan fingerprint density at radius 2 is 2.00 bits per heavy atom. The number of carbonyl (C=O) groups is 1. The summed E-state index contributed by atoms with van der Waals surface area (Å²) in [5.74, 6) is 0.148. The molecule has 0 fully saturated rings. The second-order valence-electron chi connectivity index (χ2n) is 4.10. The van der Waals surface area contributed by atoms with Crippen molar-refractivity contribution in [3.05, 3.63) is 64.1 Å². The number of carboxylic acid groups (broad SMARTS) is 1. The van der Waals surface area contributed by atoms with E-state index in [9.17, 15) is 4.79 Å². The molecule has 0 aliphatic rings. The highest BCUT2D eigenvalue weighted by molar-refractivity contribution is 9.10. The minimum absolute atomic E-state index is 0.521. The van der Waals surface area contributed by atoms with E-state index in [1.165, 1.54) is 6.08 Å². The summed E-state index contributed by atoms with van der Waals surface area (Å²) in [6.07, 6.45) is 2.56. The van der Waals surface area contributed by atoms with Gasteiger partial charge >= 0.3 is 5.97 Å². The quantitative estimate of drug-likeness (QED) is 0.844. The second kappa shape index (κ2) is 6.73. The summed E-state index contributed by atoms with van der Waals surface area (Å²) in [4.78, 5) is 10.5. The molecule has 0 aromatic heterocycles. The average molecular weight is 344 g/mol. The molecular formula is C16H10BrNO3. The Balaban J connectivity index is 2.20. The topological polar surface area (TPSA) is 70.3 Å². The lowest BCUT2D eigenvalue weighted by atomic mass is 10.2. The van der Waals surface area contributed by atoms with E-state index >= 15 is 0 Å². The summed E-state index contributed by atoms with van der Waals surface area (Å²) in [5.41, 5.74) is 1.25. The minimum Gasteiger partial charge on any atom is -0.478 e. The predicted molar refractivity (Wildman–Crippen MR) is 82.0 cm³/mol. The highest BCUT2D eigenvalue weighted by Gasteiger charge is 2.03. The van der Waals surface area contributed by atoms with Gasteiger partial charge in [0.2, 0.25) is 0 Å². The maximum absolute atomic E-state index is 10.5. The fourth-order valence-electron chi connectivity index (χ4n) is 1.63. The van der Waals surface area contributed by atoms with Crippen LogP contribution in [0.3, 0.4) is 0 Å². The fourth-order valence-corrected chi connectivity index (χ4v) is 2.12. The van der Waals surface area contributed by atoms with Crippen LogP contribution in [0.4, 0.5) is 0 Å². The van der Waals surface area contributed by atoms with E-state index in [4.69, 9.17) is 15.1 Å². The first-order valence-electron chi connectivity index (χ1n) is 5.97. The van der Waals surface area contributed by atoms with E-state index < -0.39 is 5.97 Å². The molecule has 2 rings (SSSR count). The molecule has 0 unspecified atom stereocenters. The summed E-state index contributed by atoms with van der Waals surface area (Å²) < 4.78 is 6.38. The number of aliphatic carboxylic acids is 1. The largest absolute Gasteiger partial charge is 0.478 e. The molecule has 0 spiro atoms. The number of ether oxygens (including phenoxy) is 1. The number of hydrogen-bond donors (Lipinski definition) is 1. The van der Waals surface area contributed by atoms with Crippen molar-refractivity contribution in [1.29, 1.82) is 5.26 Å². The van der Waals surface area contributed by atoms with Crippen molar-refractivity contribution < 1.29 is 14.6 Å². The Morgan fingerprint density at radius 1 is 1.24 bits per heavy atom. The third-order valence-electron chi connectivity index (χ3n) is 2.58. The average Bonchev–Trinajstić information content (AvgIpc) is 2.46. The molecule has 0 atom stereocenters. The van der Waals surface area contributed by atoms with Crippen LogP contribution in [0, 0.1) is 11.3 Å². The normalized spacial score (nSPS) is 10.3. The van der Waals surface area contributed by atoms with Crippen molar-refractivity contribution in [2.75, 3.05) is 0 Å². The lowest BCUT2D eigenvalue weighted by Gasteiger charge is -2.07. The highest BCUT2D eigenvalue weighted by Crippen LogP contribution is 2.28. The van der Waals surface area contributed by atoms with Crippen LogP contribution in [0.2, 0.25) is 0 Å². The second-order valence-corrected chi connectivity index (χ2v) is 4.95. The minimum atomic E-state index is -1.00. The smallest absolute Gasteiger partial charge is 0.328 e. The molecule has 0 radical (unpaired) electrons. The van der Waals surface area contributed by atoms with Crippen molar-refractivity contribution >= 4 is 28.0 Å². The van der Waals surface area contributed by atoms with Crippen molar-refractivity contribution in [2.45, 2.75) is 0 Å². The van der Waals surface area contributed by atoms with Crippen LogP contribution in [0.5, 0.6) is 11.5 Å². The molecule has 1 N–H and O–H groups in total. The van der Waals surface area contributed by atoms with E-state index in [1.54, 1.807) is 42.5 Å². The Hall–Kier alpha value is -2.58. The van der Waals surface area contributed by atoms with Crippen molar-refractivity contribution in [1.82, 2.24) is 0 Å². The molecule has 0 bridgehead atoms. The Bertz CT molecular complexity index is 747. The van der Waals surface area contributed by atoms with Crippen molar-refractivity contribution in [3.8, 4) is 17.6 Å². The summed E-state index contributed by atoms with van der Waals surface area (Å²) in [5, 5.41) is 17.5. The number of rotatable bonds is 4. The molecule has 0 saturated heterocycles. The van der Waals surface area contributed by atoms with Gasteiger partial charge in [0.25, 0.3) is 0 Å². The number of halogens is 1. The number of carboxylic acids is 1. The van der Waals surface area contributed by atoms with Crippen LogP contribution in [0.1, 0.15) is 11.1 Å². The van der Waals surface area contributed by atoms with Crippen LogP contribution in [0.15, 0.2) is 53.0 Å². The lowest BCUT2D eigenvalue weighted by Crippen LogP contribution is -1.88. The first-order chi connectivity index (χ1) is 10.1. The van der Waals surface area contributed by atoms with Gasteiger partial charge < -0.3 is 9.84 Å². The summed E-state index contributed by atoms with van der Waals surface area (Å²) >= 11 is 3.36. The van der Waals surface area contributed by atoms with Gasteiger partial charge in [-0.3, -0.25) is 0 Å². The van der Waals surface area contributed by atoms with Gasteiger partial charge in [-0.2, -0.15) is 5.26 Å². The zero-order valence-corrected chi connectivity index (χ0v) is 12.4. The zero-order chi connectivity index (χ0) is 15.2. The maximum Gasteiger partial charge on any atom is 0.328 e. The first kappa shape index (κ1) is 14.8. The Kier molecular flexibility index (Phi) is 4.75.